The van der Waals surface area contributed by atoms with E-state index in [4.69, 9.17) is 4.74 Å². The van der Waals surface area contributed by atoms with E-state index in [-0.39, 0.29) is 11.9 Å². The topological polar surface area (TPSA) is 38.3 Å². The Morgan fingerprint density at radius 2 is 1.44 bits per heavy atom. The molecule has 104 valence electrons. The summed E-state index contributed by atoms with van der Waals surface area (Å²) in [6.45, 7) is 0. The van der Waals surface area contributed by atoms with Gasteiger partial charge in [-0.2, -0.15) is 0 Å². The molecule has 2 saturated carbocycles. The fraction of sp³-hybridized carbons (Fsp3) is 0.933. The average Bonchev–Trinajstić information content (AvgIpc) is 2.67. The molecule has 0 aromatic heterocycles. The second kappa shape index (κ2) is 7.13. The normalized spacial score (nSPS) is 30.7. The molecule has 0 aromatic rings. The van der Waals surface area contributed by atoms with Crippen LogP contribution in [0.1, 0.15) is 64.2 Å². The average molecular weight is 253 g/mol. The van der Waals surface area contributed by atoms with E-state index in [2.05, 4.69) is 5.32 Å². The molecule has 0 saturated heterocycles. The highest BCUT2D eigenvalue weighted by molar-refractivity contribution is 5.72. The van der Waals surface area contributed by atoms with Crippen LogP contribution in [-0.4, -0.2) is 25.2 Å². The van der Waals surface area contributed by atoms with Gasteiger partial charge in [-0.3, -0.25) is 4.79 Å². The number of rotatable bonds is 3. The van der Waals surface area contributed by atoms with Crippen molar-refractivity contribution in [3.63, 3.8) is 0 Å². The molecule has 0 aromatic carbocycles. The van der Waals surface area contributed by atoms with Gasteiger partial charge in [0.2, 0.25) is 0 Å². The molecule has 2 fully saturated rings. The van der Waals surface area contributed by atoms with Gasteiger partial charge >= 0.3 is 5.97 Å². The van der Waals surface area contributed by atoms with Gasteiger partial charge in [0.1, 0.15) is 0 Å². The van der Waals surface area contributed by atoms with Crippen molar-refractivity contribution >= 4 is 5.97 Å². The van der Waals surface area contributed by atoms with Crippen LogP contribution in [0.3, 0.4) is 0 Å². The number of ether oxygens (including phenoxy) is 1. The summed E-state index contributed by atoms with van der Waals surface area (Å²) in [4.78, 5) is 11.5. The maximum atomic E-state index is 11.5. The Morgan fingerprint density at radius 3 is 2.00 bits per heavy atom. The van der Waals surface area contributed by atoms with Gasteiger partial charge in [0, 0.05) is 12.1 Å². The number of nitrogens with one attached hydrogen (secondary N) is 1. The molecule has 0 aliphatic heterocycles. The van der Waals surface area contributed by atoms with Crippen molar-refractivity contribution in [1.29, 1.82) is 0 Å². The minimum absolute atomic E-state index is 0.0112. The van der Waals surface area contributed by atoms with Gasteiger partial charge in [0.15, 0.2) is 0 Å². The van der Waals surface area contributed by atoms with Crippen molar-refractivity contribution in [3.8, 4) is 0 Å². The van der Waals surface area contributed by atoms with E-state index in [1.54, 1.807) is 0 Å². The van der Waals surface area contributed by atoms with Crippen LogP contribution in [0.2, 0.25) is 0 Å². The van der Waals surface area contributed by atoms with Crippen molar-refractivity contribution in [2.24, 2.45) is 5.92 Å². The Bertz CT molecular complexity index is 251. The zero-order valence-corrected chi connectivity index (χ0v) is 11.6. The third-order valence-corrected chi connectivity index (χ3v) is 4.59. The fourth-order valence-electron chi connectivity index (χ4n) is 3.44. The summed E-state index contributed by atoms with van der Waals surface area (Å²) in [6.07, 6.45) is 12.5. The Labute approximate surface area is 111 Å². The first-order valence-electron chi connectivity index (χ1n) is 7.63. The monoisotopic (exact) mass is 253 g/mol. The van der Waals surface area contributed by atoms with Crippen molar-refractivity contribution < 1.29 is 9.53 Å². The summed E-state index contributed by atoms with van der Waals surface area (Å²) < 4.78 is 4.83. The summed E-state index contributed by atoms with van der Waals surface area (Å²) in [5, 5.41) is 3.82. The fourth-order valence-corrected chi connectivity index (χ4v) is 3.44. The Balaban J connectivity index is 1.71. The SMILES string of the molecule is COC(=O)C1CCC(NC2CCCCCC2)CC1. The summed E-state index contributed by atoms with van der Waals surface area (Å²) in [6, 6.07) is 1.36. The Kier molecular flexibility index (Phi) is 5.48. The molecular weight excluding hydrogens is 226 g/mol. The maximum absolute atomic E-state index is 11.5. The summed E-state index contributed by atoms with van der Waals surface area (Å²) >= 11 is 0. The quantitative estimate of drug-likeness (QED) is 0.620. The van der Waals surface area contributed by atoms with Gasteiger partial charge in [-0.15, -0.1) is 0 Å². The first-order chi connectivity index (χ1) is 8.79. The summed E-state index contributed by atoms with van der Waals surface area (Å²) in [5.41, 5.74) is 0. The molecule has 2 aliphatic rings. The van der Waals surface area contributed by atoms with Crippen LogP contribution in [0.15, 0.2) is 0 Å². The predicted octanol–water partition coefficient (Wildman–Crippen LogP) is 3.03. The highest BCUT2D eigenvalue weighted by Crippen LogP contribution is 2.27. The van der Waals surface area contributed by atoms with Gasteiger partial charge in [0.05, 0.1) is 13.0 Å². The minimum Gasteiger partial charge on any atom is -0.469 e. The van der Waals surface area contributed by atoms with Crippen LogP contribution < -0.4 is 5.32 Å². The number of carbonyl (C=O) groups is 1. The number of esters is 1. The highest BCUT2D eigenvalue weighted by Gasteiger charge is 2.27. The summed E-state index contributed by atoms with van der Waals surface area (Å²) in [7, 11) is 1.50. The molecule has 0 atom stereocenters. The van der Waals surface area contributed by atoms with Crippen LogP contribution in [0.5, 0.6) is 0 Å². The molecule has 0 amide bonds. The van der Waals surface area contributed by atoms with Gasteiger partial charge in [-0.05, 0) is 38.5 Å². The van der Waals surface area contributed by atoms with Gasteiger partial charge < -0.3 is 10.1 Å². The summed E-state index contributed by atoms with van der Waals surface area (Å²) in [5.74, 6) is 0.144. The number of carbonyl (C=O) groups excluding carboxylic acids is 1. The molecule has 2 rings (SSSR count). The van der Waals surface area contributed by atoms with E-state index in [0.717, 1.165) is 31.7 Å². The smallest absolute Gasteiger partial charge is 0.308 e. The number of hydrogen-bond acceptors (Lipinski definition) is 3. The van der Waals surface area contributed by atoms with Crippen molar-refractivity contribution in [3.05, 3.63) is 0 Å². The molecule has 18 heavy (non-hydrogen) atoms. The number of hydrogen-bond donors (Lipinski definition) is 1. The highest BCUT2D eigenvalue weighted by atomic mass is 16.5. The lowest BCUT2D eigenvalue weighted by Gasteiger charge is -2.31. The van der Waals surface area contributed by atoms with Crippen molar-refractivity contribution in [2.75, 3.05) is 7.11 Å². The lowest BCUT2D eigenvalue weighted by molar-refractivity contribution is -0.146. The lowest BCUT2D eigenvalue weighted by atomic mass is 9.85. The minimum atomic E-state index is -0.0112. The molecule has 1 N–H and O–H groups in total. The van der Waals surface area contributed by atoms with Gasteiger partial charge in [-0.25, -0.2) is 0 Å². The van der Waals surface area contributed by atoms with Crippen LogP contribution in [0.25, 0.3) is 0 Å². The predicted molar refractivity (Wildman–Crippen MR) is 72.4 cm³/mol. The van der Waals surface area contributed by atoms with E-state index in [0.29, 0.717) is 6.04 Å². The molecule has 0 unspecified atom stereocenters. The van der Waals surface area contributed by atoms with Crippen LogP contribution in [0, 0.1) is 5.92 Å². The van der Waals surface area contributed by atoms with E-state index in [1.165, 1.54) is 45.6 Å². The molecular formula is C15H27NO2. The first kappa shape index (κ1) is 13.9. The van der Waals surface area contributed by atoms with Gasteiger partial charge in [0.25, 0.3) is 0 Å². The third kappa shape index (κ3) is 3.98. The number of methoxy groups -OCH3 is 1. The van der Waals surface area contributed by atoms with E-state index in [9.17, 15) is 4.79 Å². The zero-order chi connectivity index (χ0) is 12.8. The molecule has 3 heteroatoms. The van der Waals surface area contributed by atoms with Gasteiger partial charge in [-0.1, -0.05) is 25.7 Å². The molecule has 0 spiro atoms. The standard InChI is InChI=1S/C15H27NO2/c1-18-15(17)12-8-10-14(11-9-12)16-13-6-4-2-3-5-7-13/h12-14,16H,2-11H2,1H3. The van der Waals surface area contributed by atoms with E-state index < -0.39 is 0 Å². The second-order valence-electron chi connectivity index (χ2n) is 5.93. The molecule has 0 heterocycles. The first-order valence-corrected chi connectivity index (χ1v) is 7.63. The van der Waals surface area contributed by atoms with Crippen LogP contribution in [-0.2, 0) is 9.53 Å². The molecule has 0 bridgehead atoms. The van der Waals surface area contributed by atoms with E-state index >= 15 is 0 Å². The van der Waals surface area contributed by atoms with Crippen LogP contribution >= 0.6 is 0 Å². The van der Waals surface area contributed by atoms with Crippen molar-refractivity contribution in [2.45, 2.75) is 76.3 Å². The van der Waals surface area contributed by atoms with E-state index in [1.807, 2.05) is 0 Å². The molecule has 0 radical (unpaired) electrons. The second-order valence-corrected chi connectivity index (χ2v) is 5.93. The van der Waals surface area contributed by atoms with Crippen LogP contribution in [0.4, 0.5) is 0 Å². The largest absolute Gasteiger partial charge is 0.469 e. The Hall–Kier alpha value is -0.570. The maximum Gasteiger partial charge on any atom is 0.308 e. The zero-order valence-electron chi connectivity index (χ0n) is 11.6. The molecule has 2 aliphatic carbocycles. The Morgan fingerprint density at radius 1 is 0.889 bits per heavy atom. The lowest BCUT2D eigenvalue weighted by Crippen LogP contribution is -2.41. The third-order valence-electron chi connectivity index (χ3n) is 4.59. The molecule has 3 nitrogen and oxygen atoms in total. The van der Waals surface area contributed by atoms with Crippen molar-refractivity contribution in [1.82, 2.24) is 5.32 Å².